The quantitative estimate of drug-likeness (QED) is 0.190. The Morgan fingerprint density at radius 1 is 1.10 bits per heavy atom. The Balaban J connectivity index is 0.00000420. The SMILES string of the molecule is CCOc1ccc(Oc2cc(CNC(=NC)NCCCCSC)ccn2)cc1.I. The first-order valence-electron chi connectivity index (χ1n) is 9.54. The highest BCUT2D eigenvalue weighted by Crippen LogP contribution is 2.23. The molecule has 0 saturated heterocycles. The molecule has 1 aromatic carbocycles. The summed E-state index contributed by atoms with van der Waals surface area (Å²) in [6, 6.07) is 11.4. The van der Waals surface area contributed by atoms with Crippen molar-refractivity contribution < 1.29 is 9.47 Å². The topological polar surface area (TPSA) is 67.8 Å². The maximum absolute atomic E-state index is 5.85. The second kappa shape index (κ2) is 15.2. The third kappa shape index (κ3) is 10.1. The minimum Gasteiger partial charge on any atom is -0.494 e. The molecule has 6 nitrogen and oxygen atoms in total. The smallest absolute Gasteiger partial charge is 0.219 e. The van der Waals surface area contributed by atoms with Crippen molar-refractivity contribution >= 4 is 41.7 Å². The van der Waals surface area contributed by atoms with Crippen molar-refractivity contribution in [3.05, 3.63) is 48.2 Å². The molecular formula is C21H31IN4O2S. The molecule has 0 aliphatic heterocycles. The summed E-state index contributed by atoms with van der Waals surface area (Å²) >= 11 is 1.88. The van der Waals surface area contributed by atoms with Crippen LogP contribution in [-0.4, -0.2) is 43.2 Å². The van der Waals surface area contributed by atoms with Crippen LogP contribution in [0.1, 0.15) is 25.3 Å². The van der Waals surface area contributed by atoms with E-state index in [1.807, 2.05) is 55.1 Å². The molecule has 8 heteroatoms. The van der Waals surface area contributed by atoms with E-state index >= 15 is 0 Å². The van der Waals surface area contributed by atoms with Gasteiger partial charge in [0.15, 0.2) is 5.96 Å². The number of thioether (sulfide) groups is 1. The van der Waals surface area contributed by atoms with Crippen molar-refractivity contribution in [2.45, 2.75) is 26.3 Å². The zero-order chi connectivity index (χ0) is 20.0. The van der Waals surface area contributed by atoms with Crippen LogP contribution in [0, 0.1) is 0 Å². The zero-order valence-corrected chi connectivity index (χ0v) is 20.5. The lowest BCUT2D eigenvalue weighted by molar-refractivity contribution is 0.339. The molecule has 0 saturated carbocycles. The Morgan fingerprint density at radius 2 is 1.86 bits per heavy atom. The Morgan fingerprint density at radius 3 is 2.55 bits per heavy atom. The van der Waals surface area contributed by atoms with Gasteiger partial charge in [0.1, 0.15) is 11.5 Å². The van der Waals surface area contributed by atoms with Crippen LogP contribution in [0.25, 0.3) is 0 Å². The predicted molar refractivity (Wildman–Crippen MR) is 133 cm³/mol. The first kappa shape index (κ1) is 25.4. The van der Waals surface area contributed by atoms with E-state index in [0.29, 0.717) is 19.0 Å². The Hall–Kier alpha value is -1.68. The second-order valence-electron chi connectivity index (χ2n) is 6.06. The highest BCUT2D eigenvalue weighted by Gasteiger charge is 2.03. The largest absolute Gasteiger partial charge is 0.494 e. The number of nitrogens with one attached hydrogen (secondary N) is 2. The van der Waals surface area contributed by atoms with Gasteiger partial charge in [-0.15, -0.1) is 24.0 Å². The van der Waals surface area contributed by atoms with Crippen LogP contribution in [0.5, 0.6) is 17.4 Å². The van der Waals surface area contributed by atoms with Gasteiger partial charge in [0.2, 0.25) is 5.88 Å². The minimum atomic E-state index is 0. The number of nitrogens with zero attached hydrogens (tertiary/aromatic N) is 2. The number of unbranched alkanes of at least 4 members (excludes halogenated alkanes) is 1. The van der Waals surface area contributed by atoms with Gasteiger partial charge in [-0.2, -0.15) is 11.8 Å². The van der Waals surface area contributed by atoms with Crippen molar-refractivity contribution in [3.8, 4) is 17.4 Å². The molecule has 0 aliphatic carbocycles. The summed E-state index contributed by atoms with van der Waals surface area (Å²) in [6.07, 6.45) is 6.23. The first-order chi connectivity index (χ1) is 13.7. The summed E-state index contributed by atoms with van der Waals surface area (Å²) in [5.74, 6) is 4.11. The molecule has 160 valence electrons. The van der Waals surface area contributed by atoms with Crippen LogP contribution < -0.4 is 20.1 Å². The summed E-state index contributed by atoms with van der Waals surface area (Å²) in [5, 5.41) is 6.66. The average molecular weight is 530 g/mol. The summed E-state index contributed by atoms with van der Waals surface area (Å²) in [5.41, 5.74) is 1.07. The van der Waals surface area contributed by atoms with Gasteiger partial charge < -0.3 is 20.1 Å². The Labute approximate surface area is 195 Å². The molecule has 2 N–H and O–H groups in total. The van der Waals surface area contributed by atoms with Crippen molar-refractivity contribution in [2.75, 3.05) is 32.2 Å². The minimum absolute atomic E-state index is 0. The maximum Gasteiger partial charge on any atom is 0.219 e. The number of benzene rings is 1. The summed E-state index contributed by atoms with van der Waals surface area (Å²) in [4.78, 5) is 8.55. The number of guanidine groups is 1. The Bertz CT molecular complexity index is 729. The predicted octanol–water partition coefficient (Wildman–Crippen LogP) is 4.70. The molecule has 1 heterocycles. The number of aliphatic imine (C=N–C) groups is 1. The van der Waals surface area contributed by atoms with Gasteiger partial charge in [-0.05, 0) is 67.7 Å². The zero-order valence-electron chi connectivity index (χ0n) is 17.3. The van der Waals surface area contributed by atoms with E-state index in [2.05, 4.69) is 26.9 Å². The number of ether oxygens (including phenoxy) is 2. The first-order valence-corrected chi connectivity index (χ1v) is 10.9. The van der Waals surface area contributed by atoms with Gasteiger partial charge in [0.05, 0.1) is 6.61 Å². The van der Waals surface area contributed by atoms with Crippen molar-refractivity contribution in [2.24, 2.45) is 4.99 Å². The van der Waals surface area contributed by atoms with E-state index in [1.54, 1.807) is 13.2 Å². The van der Waals surface area contributed by atoms with Gasteiger partial charge in [0.25, 0.3) is 0 Å². The van der Waals surface area contributed by atoms with Gasteiger partial charge in [-0.3, -0.25) is 4.99 Å². The van der Waals surface area contributed by atoms with Gasteiger partial charge in [-0.25, -0.2) is 4.98 Å². The molecule has 0 spiro atoms. The molecule has 0 amide bonds. The summed E-state index contributed by atoms with van der Waals surface area (Å²) < 4.78 is 11.3. The second-order valence-corrected chi connectivity index (χ2v) is 7.05. The third-order valence-corrected chi connectivity index (χ3v) is 4.60. The maximum atomic E-state index is 5.85. The lowest BCUT2D eigenvalue weighted by atomic mass is 10.2. The van der Waals surface area contributed by atoms with Crippen LogP contribution in [0.3, 0.4) is 0 Å². The molecule has 0 bridgehead atoms. The fourth-order valence-electron chi connectivity index (χ4n) is 2.49. The number of hydrogen-bond donors (Lipinski definition) is 2. The summed E-state index contributed by atoms with van der Waals surface area (Å²) in [6.45, 7) is 4.17. The van der Waals surface area contributed by atoms with Gasteiger partial charge >= 0.3 is 0 Å². The molecule has 29 heavy (non-hydrogen) atoms. The van der Waals surface area contributed by atoms with Gasteiger partial charge in [0, 0.05) is 32.4 Å². The number of hydrogen-bond acceptors (Lipinski definition) is 5. The van der Waals surface area contributed by atoms with Crippen LogP contribution in [0.4, 0.5) is 0 Å². The van der Waals surface area contributed by atoms with E-state index in [4.69, 9.17) is 9.47 Å². The molecular weight excluding hydrogens is 499 g/mol. The lowest BCUT2D eigenvalue weighted by Gasteiger charge is -2.12. The van der Waals surface area contributed by atoms with Crippen LogP contribution in [0.2, 0.25) is 0 Å². The Kier molecular flexibility index (Phi) is 13.3. The van der Waals surface area contributed by atoms with E-state index < -0.39 is 0 Å². The van der Waals surface area contributed by atoms with Crippen LogP contribution in [0.15, 0.2) is 47.6 Å². The van der Waals surface area contributed by atoms with Crippen LogP contribution >= 0.6 is 35.7 Å². The van der Waals surface area contributed by atoms with Crippen LogP contribution in [-0.2, 0) is 6.54 Å². The van der Waals surface area contributed by atoms with E-state index in [9.17, 15) is 0 Å². The molecule has 0 unspecified atom stereocenters. The molecule has 0 fully saturated rings. The third-order valence-electron chi connectivity index (χ3n) is 3.91. The normalized spacial score (nSPS) is 10.8. The molecule has 2 aromatic rings. The molecule has 0 atom stereocenters. The van der Waals surface area contributed by atoms with E-state index in [0.717, 1.165) is 36.0 Å². The standard InChI is InChI=1S/C21H30N4O2S.HI/c1-4-26-18-7-9-19(10-8-18)27-20-15-17(11-13-23-20)16-25-21(22-2)24-12-5-6-14-28-3;/h7-11,13,15H,4-6,12,14,16H2,1-3H3,(H2,22,24,25);1H. The molecule has 1 aromatic heterocycles. The van der Waals surface area contributed by atoms with Gasteiger partial charge in [-0.1, -0.05) is 0 Å². The average Bonchev–Trinajstić information content (AvgIpc) is 2.72. The molecule has 0 aliphatic rings. The van der Waals surface area contributed by atoms with Crippen molar-refractivity contribution in [1.29, 1.82) is 0 Å². The van der Waals surface area contributed by atoms with Crippen molar-refractivity contribution in [3.63, 3.8) is 0 Å². The summed E-state index contributed by atoms with van der Waals surface area (Å²) in [7, 11) is 1.78. The fraction of sp³-hybridized carbons (Fsp3) is 0.429. The van der Waals surface area contributed by atoms with Crippen molar-refractivity contribution in [1.82, 2.24) is 15.6 Å². The highest BCUT2D eigenvalue weighted by atomic mass is 127. The number of halogens is 1. The fourth-order valence-corrected chi connectivity index (χ4v) is 2.98. The number of rotatable bonds is 11. The number of pyridine rings is 1. The lowest BCUT2D eigenvalue weighted by Crippen LogP contribution is -2.37. The molecule has 2 rings (SSSR count). The monoisotopic (exact) mass is 530 g/mol. The number of aromatic nitrogens is 1. The van der Waals surface area contributed by atoms with E-state index in [1.165, 1.54) is 12.2 Å². The molecule has 0 radical (unpaired) electrons. The van der Waals surface area contributed by atoms with E-state index in [-0.39, 0.29) is 24.0 Å². The highest BCUT2D eigenvalue weighted by molar-refractivity contribution is 14.0.